The zero-order valence-electron chi connectivity index (χ0n) is 14.0. The van der Waals surface area contributed by atoms with E-state index in [0.29, 0.717) is 18.0 Å². The molecule has 0 bridgehead atoms. The normalized spacial score (nSPS) is 25.2. The number of esters is 1. The first kappa shape index (κ1) is 15.8. The Morgan fingerprint density at radius 2 is 2.24 bits per heavy atom. The number of ether oxygens (including phenoxy) is 1. The average Bonchev–Trinajstić information content (AvgIpc) is 3.18. The Morgan fingerprint density at radius 1 is 1.40 bits per heavy atom. The summed E-state index contributed by atoms with van der Waals surface area (Å²) in [6.07, 6.45) is 2.95. The largest absolute Gasteiger partial charge is 0.469 e. The van der Waals surface area contributed by atoms with Gasteiger partial charge >= 0.3 is 5.97 Å². The molecule has 0 spiro atoms. The van der Waals surface area contributed by atoms with Crippen LogP contribution < -0.4 is 4.90 Å². The smallest absolute Gasteiger partial charge is 0.313 e. The third kappa shape index (κ3) is 2.42. The predicted octanol–water partition coefficient (Wildman–Crippen LogP) is 2.92. The number of anilines is 1. The van der Waals surface area contributed by atoms with Crippen molar-refractivity contribution in [3.05, 3.63) is 40.4 Å². The van der Waals surface area contributed by atoms with Crippen LogP contribution in [0.15, 0.2) is 30.3 Å². The molecular weight excluding hydrogens is 322 g/mol. The summed E-state index contributed by atoms with van der Waals surface area (Å²) >= 11 is 0. The van der Waals surface area contributed by atoms with Crippen molar-refractivity contribution < 1.29 is 14.5 Å². The molecule has 7 heteroatoms. The lowest BCUT2D eigenvalue weighted by Crippen LogP contribution is -2.37. The van der Waals surface area contributed by atoms with Gasteiger partial charge in [0.05, 0.1) is 23.0 Å². The molecule has 4 rings (SSSR count). The summed E-state index contributed by atoms with van der Waals surface area (Å²) in [5.41, 5.74) is 0.357. The number of non-ortho nitro benzene ring substituents is 1. The number of methoxy groups -OCH3 is 1. The van der Waals surface area contributed by atoms with Crippen molar-refractivity contribution in [2.24, 2.45) is 11.3 Å². The second kappa shape index (κ2) is 5.68. The lowest BCUT2D eigenvalue weighted by molar-refractivity contribution is -0.384. The minimum atomic E-state index is -0.416. The summed E-state index contributed by atoms with van der Waals surface area (Å²) in [4.78, 5) is 29.7. The molecule has 130 valence electrons. The maximum absolute atomic E-state index is 12.4. The number of hydrogen-bond donors (Lipinski definition) is 0. The number of aromatic nitrogens is 1. The lowest BCUT2D eigenvalue weighted by atomic mass is 9.81. The molecule has 1 aliphatic heterocycles. The van der Waals surface area contributed by atoms with Gasteiger partial charge in [-0.15, -0.1) is 0 Å². The predicted molar refractivity (Wildman–Crippen MR) is 92.4 cm³/mol. The fraction of sp³-hybridized carbons (Fsp3) is 0.444. The second-order valence-corrected chi connectivity index (χ2v) is 6.92. The molecule has 1 aromatic carbocycles. The Balaban J connectivity index is 1.65. The van der Waals surface area contributed by atoms with Gasteiger partial charge in [0, 0.05) is 30.6 Å². The molecule has 2 aliphatic rings. The summed E-state index contributed by atoms with van der Waals surface area (Å²) in [6.45, 7) is 1.41. The maximum atomic E-state index is 12.4. The van der Waals surface area contributed by atoms with Gasteiger partial charge in [0.2, 0.25) is 0 Å². The molecule has 2 fully saturated rings. The summed E-state index contributed by atoms with van der Waals surface area (Å²) in [6, 6.07) is 8.39. The summed E-state index contributed by atoms with van der Waals surface area (Å²) in [5.74, 6) is 0.988. The minimum Gasteiger partial charge on any atom is -0.469 e. The molecule has 0 amide bonds. The lowest BCUT2D eigenvalue weighted by Gasteiger charge is -2.25. The Bertz CT molecular complexity index is 869. The number of benzene rings is 1. The Morgan fingerprint density at radius 3 is 3.00 bits per heavy atom. The van der Waals surface area contributed by atoms with E-state index in [1.54, 1.807) is 6.07 Å². The summed E-state index contributed by atoms with van der Waals surface area (Å²) < 4.78 is 5.08. The van der Waals surface area contributed by atoms with E-state index in [9.17, 15) is 14.9 Å². The van der Waals surface area contributed by atoms with Crippen molar-refractivity contribution in [1.29, 1.82) is 0 Å². The maximum Gasteiger partial charge on any atom is 0.313 e. The second-order valence-electron chi connectivity index (χ2n) is 6.92. The number of fused-ring (bicyclic) bond motifs is 2. The molecule has 0 N–H and O–H groups in total. The van der Waals surface area contributed by atoms with Gasteiger partial charge in [-0.05, 0) is 37.0 Å². The number of pyridine rings is 1. The van der Waals surface area contributed by atoms with Crippen LogP contribution in [0.2, 0.25) is 0 Å². The fourth-order valence-corrected chi connectivity index (χ4v) is 4.39. The van der Waals surface area contributed by atoms with Gasteiger partial charge in [-0.25, -0.2) is 4.98 Å². The van der Waals surface area contributed by atoms with Crippen LogP contribution in [0.3, 0.4) is 0 Å². The van der Waals surface area contributed by atoms with E-state index in [1.807, 2.05) is 12.1 Å². The Labute approximate surface area is 144 Å². The first-order valence-electron chi connectivity index (χ1n) is 8.42. The van der Waals surface area contributed by atoms with Crippen LogP contribution in [0.25, 0.3) is 10.9 Å². The number of nitro benzene ring substituents is 1. The molecule has 2 heterocycles. The van der Waals surface area contributed by atoms with Crippen LogP contribution in [0.5, 0.6) is 0 Å². The van der Waals surface area contributed by atoms with Gasteiger partial charge in [0.25, 0.3) is 5.69 Å². The molecule has 25 heavy (non-hydrogen) atoms. The molecule has 2 unspecified atom stereocenters. The first-order chi connectivity index (χ1) is 12.0. The SMILES string of the molecule is COC(=O)C12CCCC1CN(c1ccc3cc([N+](=O)[O-])ccc3n1)C2. The quantitative estimate of drug-likeness (QED) is 0.485. The molecular formula is C18H19N3O4. The van der Waals surface area contributed by atoms with E-state index in [0.717, 1.165) is 37.0 Å². The average molecular weight is 341 g/mol. The third-order valence-corrected chi connectivity index (χ3v) is 5.66. The highest BCUT2D eigenvalue weighted by Gasteiger charge is 2.55. The Kier molecular flexibility index (Phi) is 3.59. The highest BCUT2D eigenvalue weighted by Crippen LogP contribution is 2.50. The standard InChI is InChI=1S/C18H19N3O4/c1-25-17(22)18-8-2-3-13(18)10-20(11-18)16-7-4-12-9-14(21(23)24)5-6-15(12)19-16/h4-7,9,13H,2-3,8,10-11H2,1H3. The van der Waals surface area contributed by atoms with Crippen LogP contribution in [0.4, 0.5) is 11.5 Å². The monoisotopic (exact) mass is 341 g/mol. The van der Waals surface area contributed by atoms with Crippen molar-refractivity contribution >= 4 is 28.4 Å². The van der Waals surface area contributed by atoms with Crippen LogP contribution >= 0.6 is 0 Å². The third-order valence-electron chi connectivity index (χ3n) is 5.66. The summed E-state index contributed by atoms with van der Waals surface area (Å²) in [7, 11) is 1.45. The molecule has 0 radical (unpaired) electrons. The van der Waals surface area contributed by atoms with E-state index < -0.39 is 10.3 Å². The highest BCUT2D eigenvalue weighted by atomic mass is 16.6. The van der Waals surface area contributed by atoms with Crippen LogP contribution in [-0.2, 0) is 9.53 Å². The van der Waals surface area contributed by atoms with Crippen LogP contribution in [0, 0.1) is 21.4 Å². The van der Waals surface area contributed by atoms with E-state index >= 15 is 0 Å². The fourth-order valence-electron chi connectivity index (χ4n) is 4.39. The van der Waals surface area contributed by atoms with E-state index in [2.05, 4.69) is 9.88 Å². The number of carbonyl (C=O) groups excluding carboxylic acids is 1. The number of carbonyl (C=O) groups is 1. The first-order valence-corrected chi connectivity index (χ1v) is 8.42. The zero-order valence-corrected chi connectivity index (χ0v) is 14.0. The zero-order chi connectivity index (χ0) is 17.6. The van der Waals surface area contributed by atoms with Crippen molar-refractivity contribution in [2.45, 2.75) is 19.3 Å². The topological polar surface area (TPSA) is 85.6 Å². The molecule has 1 saturated carbocycles. The number of nitro groups is 1. The van der Waals surface area contributed by atoms with E-state index in [1.165, 1.54) is 19.2 Å². The van der Waals surface area contributed by atoms with Gasteiger partial charge in [-0.3, -0.25) is 14.9 Å². The molecule has 1 aliphatic carbocycles. The van der Waals surface area contributed by atoms with Crippen molar-refractivity contribution in [2.75, 3.05) is 25.1 Å². The van der Waals surface area contributed by atoms with Gasteiger partial charge in [-0.1, -0.05) is 6.42 Å². The molecule has 2 atom stereocenters. The van der Waals surface area contributed by atoms with E-state index in [4.69, 9.17) is 4.74 Å². The van der Waals surface area contributed by atoms with Crippen molar-refractivity contribution in [3.8, 4) is 0 Å². The van der Waals surface area contributed by atoms with Crippen LogP contribution in [-0.4, -0.2) is 36.1 Å². The Hall–Kier alpha value is -2.70. The molecule has 7 nitrogen and oxygen atoms in total. The number of rotatable bonds is 3. The highest BCUT2D eigenvalue weighted by molar-refractivity contribution is 5.83. The van der Waals surface area contributed by atoms with Gasteiger partial charge in [0.1, 0.15) is 5.82 Å². The molecule has 1 aromatic heterocycles. The van der Waals surface area contributed by atoms with E-state index in [-0.39, 0.29) is 11.7 Å². The van der Waals surface area contributed by atoms with Crippen molar-refractivity contribution in [3.63, 3.8) is 0 Å². The number of nitrogens with zero attached hydrogens (tertiary/aromatic N) is 3. The van der Waals surface area contributed by atoms with Crippen LogP contribution in [0.1, 0.15) is 19.3 Å². The number of hydrogen-bond acceptors (Lipinski definition) is 6. The van der Waals surface area contributed by atoms with Gasteiger partial charge in [0.15, 0.2) is 0 Å². The van der Waals surface area contributed by atoms with Gasteiger partial charge in [-0.2, -0.15) is 0 Å². The van der Waals surface area contributed by atoms with Crippen molar-refractivity contribution in [1.82, 2.24) is 4.98 Å². The molecule has 1 saturated heterocycles. The van der Waals surface area contributed by atoms with Gasteiger partial charge < -0.3 is 9.64 Å². The summed E-state index contributed by atoms with van der Waals surface area (Å²) in [5, 5.41) is 11.6. The molecule has 2 aromatic rings. The minimum absolute atomic E-state index is 0.0578.